The van der Waals surface area contributed by atoms with Crippen molar-refractivity contribution in [2.24, 2.45) is 0 Å². The Morgan fingerprint density at radius 2 is 1.74 bits per heavy atom. The third-order valence-electron chi connectivity index (χ3n) is 4.56. The second kappa shape index (κ2) is 7.53. The van der Waals surface area contributed by atoms with Crippen LogP contribution in [0.4, 0.5) is 5.69 Å². The molecule has 1 atom stereocenters. The van der Waals surface area contributed by atoms with Gasteiger partial charge in [-0.3, -0.25) is 0 Å². The molecule has 3 rings (SSSR count). The lowest BCUT2D eigenvalue weighted by Gasteiger charge is -2.13. The fourth-order valence-corrected chi connectivity index (χ4v) is 2.88. The van der Waals surface area contributed by atoms with Gasteiger partial charge in [0.15, 0.2) is 6.10 Å². The Kier molecular flexibility index (Phi) is 5.16. The molecule has 6 heteroatoms. The maximum absolute atomic E-state index is 12.5. The number of carbonyl (C=O) groups is 2. The van der Waals surface area contributed by atoms with Crippen molar-refractivity contribution in [3.8, 4) is 5.75 Å². The van der Waals surface area contributed by atoms with E-state index < -0.39 is 18.0 Å². The van der Waals surface area contributed by atoms with Gasteiger partial charge in [-0.15, -0.1) is 0 Å². The maximum Gasteiger partial charge on any atom is 0.356 e. The van der Waals surface area contributed by atoms with Gasteiger partial charge in [0, 0.05) is 5.69 Å². The molecule has 140 valence electrons. The van der Waals surface area contributed by atoms with Gasteiger partial charge in [-0.1, -0.05) is 18.2 Å². The number of anilines is 1. The number of benzene rings is 2. The molecule has 1 unspecified atom stereocenters. The van der Waals surface area contributed by atoms with Crippen LogP contribution in [0.1, 0.15) is 22.8 Å². The summed E-state index contributed by atoms with van der Waals surface area (Å²) in [4.78, 5) is 24.9. The van der Waals surface area contributed by atoms with Crippen LogP contribution >= 0.6 is 0 Å². The van der Waals surface area contributed by atoms with Gasteiger partial charge < -0.3 is 19.5 Å². The highest BCUT2D eigenvalue weighted by molar-refractivity contribution is 6.06. The van der Waals surface area contributed by atoms with Crippen molar-refractivity contribution in [1.29, 1.82) is 0 Å². The van der Waals surface area contributed by atoms with Gasteiger partial charge in [0.2, 0.25) is 0 Å². The Morgan fingerprint density at radius 3 is 2.33 bits per heavy atom. The average Bonchev–Trinajstić information content (AvgIpc) is 3.00. The standard InChI is InChI=1S/C21H21NO5/c1-12-5-8-15(11-13(12)2)22-18-17(20(23)26-4)19(27-21(18)24)14-6-9-16(25-3)10-7-14/h5-11,19,22H,1-4H3. The van der Waals surface area contributed by atoms with Gasteiger partial charge in [0.05, 0.1) is 14.2 Å². The maximum atomic E-state index is 12.5. The van der Waals surface area contributed by atoms with E-state index in [9.17, 15) is 9.59 Å². The topological polar surface area (TPSA) is 73.9 Å². The lowest BCUT2D eigenvalue weighted by Crippen LogP contribution is -2.14. The van der Waals surface area contributed by atoms with Gasteiger partial charge in [-0.25, -0.2) is 9.59 Å². The number of methoxy groups -OCH3 is 2. The van der Waals surface area contributed by atoms with Crippen molar-refractivity contribution in [3.63, 3.8) is 0 Å². The summed E-state index contributed by atoms with van der Waals surface area (Å²) < 4.78 is 15.5. The fourth-order valence-electron chi connectivity index (χ4n) is 2.88. The molecular formula is C21H21NO5. The van der Waals surface area contributed by atoms with E-state index in [1.165, 1.54) is 7.11 Å². The molecule has 0 aromatic heterocycles. The Hall–Kier alpha value is -3.28. The average molecular weight is 367 g/mol. The van der Waals surface area contributed by atoms with Gasteiger partial charge in [-0.05, 0) is 54.8 Å². The predicted octanol–water partition coefficient (Wildman–Crippen LogP) is 3.45. The van der Waals surface area contributed by atoms with Gasteiger partial charge in [0.25, 0.3) is 0 Å². The first kappa shape index (κ1) is 18.5. The minimum Gasteiger partial charge on any atom is -0.497 e. The van der Waals surface area contributed by atoms with E-state index >= 15 is 0 Å². The van der Waals surface area contributed by atoms with Crippen LogP contribution in [0.3, 0.4) is 0 Å². The molecule has 0 aliphatic carbocycles. The zero-order valence-electron chi connectivity index (χ0n) is 15.7. The molecule has 2 aromatic rings. The lowest BCUT2D eigenvalue weighted by molar-refractivity contribution is -0.141. The number of aryl methyl sites for hydroxylation is 2. The first-order chi connectivity index (χ1) is 12.9. The summed E-state index contributed by atoms with van der Waals surface area (Å²) in [5.41, 5.74) is 3.78. The quantitative estimate of drug-likeness (QED) is 0.816. The van der Waals surface area contributed by atoms with Crippen LogP contribution in [-0.2, 0) is 19.1 Å². The molecule has 27 heavy (non-hydrogen) atoms. The molecule has 0 radical (unpaired) electrons. The van der Waals surface area contributed by atoms with Crippen molar-refractivity contribution in [2.75, 3.05) is 19.5 Å². The molecule has 1 N–H and O–H groups in total. The van der Waals surface area contributed by atoms with E-state index in [2.05, 4.69) is 5.32 Å². The number of hydrogen-bond donors (Lipinski definition) is 1. The number of carbonyl (C=O) groups excluding carboxylic acids is 2. The van der Waals surface area contributed by atoms with Crippen LogP contribution in [0, 0.1) is 13.8 Å². The second-order valence-corrected chi connectivity index (χ2v) is 6.26. The summed E-state index contributed by atoms with van der Waals surface area (Å²) in [6.45, 7) is 3.98. The first-order valence-electron chi connectivity index (χ1n) is 8.46. The van der Waals surface area contributed by atoms with Crippen molar-refractivity contribution < 1.29 is 23.8 Å². The summed E-state index contributed by atoms with van der Waals surface area (Å²) in [5.74, 6) is -0.553. The third kappa shape index (κ3) is 3.65. The third-order valence-corrected chi connectivity index (χ3v) is 4.56. The summed E-state index contributed by atoms with van der Waals surface area (Å²) in [6, 6.07) is 12.7. The van der Waals surface area contributed by atoms with Crippen molar-refractivity contribution in [3.05, 3.63) is 70.4 Å². The summed E-state index contributed by atoms with van der Waals surface area (Å²) >= 11 is 0. The van der Waals surface area contributed by atoms with E-state index in [4.69, 9.17) is 14.2 Å². The molecule has 1 aliphatic heterocycles. The van der Waals surface area contributed by atoms with Crippen molar-refractivity contribution >= 4 is 17.6 Å². The van der Waals surface area contributed by atoms with Crippen LogP contribution in [0.25, 0.3) is 0 Å². The largest absolute Gasteiger partial charge is 0.497 e. The molecule has 6 nitrogen and oxygen atoms in total. The summed E-state index contributed by atoms with van der Waals surface area (Å²) in [7, 11) is 2.84. The lowest BCUT2D eigenvalue weighted by atomic mass is 10.0. The van der Waals surface area contributed by atoms with Crippen LogP contribution < -0.4 is 10.1 Å². The smallest absolute Gasteiger partial charge is 0.356 e. The van der Waals surface area contributed by atoms with E-state index in [1.807, 2.05) is 32.0 Å². The van der Waals surface area contributed by atoms with E-state index in [1.54, 1.807) is 31.4 Å². The van der Waals surface area contributed by atoms with Crippen molar-refractivity contribution in [2.45, 2.75) is 20.0 Å². The summed E-state index contributed by atoms with van der Waals surface area (Å²) in [5, 5.41) is 3.03. The Bertz CT molecular complexity index is 915. The SMILES string of the molecule is COC(=O)C1=C(Nc2ccc(C)c(C)c2)C(=O)OC1c1ccc(OC)cc1. The highest BCUT2D eigenvalue weighted by Crippen LogP contribution is 2.37. The predicted molar refractivity (Wildman–Crippen MR) is 100 cm³/mol. The zero-order valence-corrected chi connectivity index (χ0v) is 15.7. The minimum absolute atomic E-state index is 0.0888. The van der Waals surface area contributed by atoms with Crippen LogP contribution in [0.5, 0.6) is 5.75 Å². The van der Waals surface area contributed by atoms with E-state index in [0.717, 1.165) is 11.1 Å². The molecule has 0 saturated carbocycles. The van der Waals surface area contributed by atoms with Crippen molar-refractivity contribution in [1.82, 2.24) is 0 Å². The molecule has 0 bridgehead atoms. The molecule has 0 fully saturated rings. The normalized spacial score (nSPS) is 16.1. The molecule has 0 amide bonds. The number of rotatable bonds is 5. The van der Waals surface area contributed by atoms with Gasteiger partial charge >= 0.3 is 11.9 Å². The number of ether oxygens (including phenoxy) is 3. The molecule has 1 heterocycles. The fraction of sp³-hybridized carbons (Fsp3) is 0.238. The molecule has 2 aromatic carbocycles. The molecule has 0 spiro atoms. The number of nitrogens with one attached hydrogen (secondary N) is 1. The second-order valence-electron chi connectivity index (χ2n) is 6.26. The highest BCUT2D eigenvalue weighted by Gasteiger charge is 2.40. The first-order valence-corrected chi connectivity index (χ1v) is 8.46. The Labute approximate surface area is 157 Å². The Balaban J connectivity index is 2.01. The number of esters is 2. The molecular weight excluding hydrogens is 346 g/mol. The van der Waals surface area contributed by atoms with Gasteiger partial charge in [0.1, 0.15) is 17.0 Å². The summed E-state index contributed by atoms with van der Waals surface area (Å²) in [6.07, 6.45) is -0.843. The van der Waals surface area contributed by atoms with Crippen LogP contribution in [0.2, 0.25) is 0 Å². The van der Waals surface area contributed by atoms with Gasteiger partial charge in [-0.2, -0.15) is 0 Å². The zero-order chi connectivity index (χ0) is 19.6. The highest BCUT2D eigenvalue weighted by atomic mass is 16.6. The number of cyclic esters (lactones) is 1. The monoisotopic (exact) mass is 367 g/mol. The molecule has 0 saturated heterocycles. The minimum atomic E-state index is -0.843. The van der Waals surface area contributed by atoms with E-state index in [0.29, 0.717) is 17.0 Å². The van der Waals surface area contributed by atoms with Crippen LogP contribution in [-0.4, -0.2) is 26.2 Å². The Morgan fingerprint density at radius 1 is 1.04 bits per heavy atom. The number of hydrogen-bond acceptors (Lipinski definition) is 6. The molecule has 1 aliphatic rings. The van der Waals surface area contributed by atoms with Crippen LogP contribution in [0.15, 0.2) is 53.7 Å². The van der Waals surface area contributed by atoms with E-state index in [-0.39, 0.29) is 11.3 Å².